The van der Waals surface area contributed by atoms with E-state index in [1.54, 1.807) is 12.1 Å². The molecule has 0 spiro atoms. The largest absolute Gasteiger partial charge is 0.573 e. The first-order valence-corrected chi connectivity index (χ1v) is 10.8. The van der Waals surface area contributed by atoms with Gasteiger partial charge in [0.05, 0.1) is 12.0 Å². The zero-order valence-corrected chi connectivity index (χ0v) is 18.3. The number of carbonyl (C=O) groups excluding carboxylic acids is 1. The number of pyridine rings is 1. The van der Waals surface area contributed by atoms with Gasteiger partial charge in [-0.05, 0) is 62.7 Å². The molecule has 0 bridgehead atoms. The highest BCUT2D eigenvalue weighted by Crippen LogP contribution is 2.33. The lowest BCUT2D eigenvalue weighted by Crippen LogP contribution is -2.26. The molecule has 0 N–H and O–H groups in total. The van der Waals surface area contributed by atoms with Crippen LogP contribution in [0.15, 0.2) is 47.3 Å². The number of ether oxygens (including phenoxy) is 2. The van der Waals surface area contributed by atoms with Crippen molar-refractivity contribution in [3.63, 3.8) is 0 Å². The van der Waals surface area contributed by atoms with E-state index in [1.165, 1.54) is 31.2 Å². The van der Waals surface area contributed by atoms with Crippen LogP contribution in [0.3, 0.4) is 0 Å². The van der Waals surface area contributed by atoms with Crippen molar-refractivity contribution < 1.29 is 31.8 Å². The second-order valence-corrected chi connectivity index (χ2v) is 7.90. The van der Waals surface area contributed by atoms with Crippen molar-refractivity contribution in [1.82, 2.24) is 9.47 Å². The molecular weight excluding hydrogens is 456 g/mol. The van der Waals surface area contributed by atoms with E-state index in [0.29, 0.717) is 6.54 Å². The van der Waals surface area contributed by atoms with Gasteiger partial charge in [0, 0.05) is 12.2 Å². The zero-order valence-electron chi connectivity index (χ0n) is 18.3. The summed E-state index contributed by atoms with van der Waals surface area (Å²) < 4.78 is 64.6. The van der Waals surface area contributed by atoms with Crippen LogP contribution in [0.4, 0.5) is 17.6 Å². The van der Waals surface area contributed by atoms with E-state index >= 15 is 4.39 Å². The SMILES string of the molecule is CCOC(=O)c1c(F)n(-c2ccc(CN3CCCC3)cc2)c2c(OC(F)(F)F)cccc2c1=O. The molecule has 180 valence electrons. The highest BCUT2D eigenvalue weighted by Gasteiger charge is 2.34. The summed E-state index contributed by atoms with van der Waals surface area (Å²) in [6.45, 7) is 4.01. The van der Waals surface area contributed by atoms with Gasteiger partial charge in [-0.15, -0.1) is 13.2 Å². The Balaban J connectivity index is 1.92. The fourth-order valence-electron chi connectivity index (χ4n) is 4.15. The molecule has 1 saturated heterocycles. The first-order valence-electron chi connectivity index (χ1n) is 10.8. The van der Waals surface area contributed by atoms with Gasteiger partial charge in [-0.2, -0.15) is 4.39 Å². The Hall–Kier alpha value is -3.40. The molecule has 34 heavy (non-hydrogen) atoms. The van der Waals surface area contributed by atoms with Crippen molar-refractivity contribution in [2.24, 2.45) is 0 Å². The van der Waals surface area contributed by atoms with Crippen LogP contribution in [-0.2, 0) is 11.3 Å². The molecule has 0 radical (unpaired) electrons. The molecule has 0 aliphatic carbocycles. The van der Waals surface area contributed by atoms with Gasteiger partial charge >= 0.3 is 12.3 Å². The van der Waals surface area contributed by atoms with Crippen LogP contribution in [-0.4, -0.2) is 41.5 Å². The molecule has 2 heterocycles. The number of hydrogen-bond acceptors (Lipinski definition) is 5. The van der Waals surface area contributed by atoms with Gasteiger partial charge in [0.1, 0.15) is 5.52 Å². The topological polar surface area (TPSA) is 60.8 Å². The number of nitrogens with zero attached hydrogens (tertiary/aromatic N) is 2. The number of likely N-dealkylation sites (tertiary alicyclic amines) is 1. The first kappa shape index (κ1) is 23.7. The number of para-hydroxylation sites is 1. The minimum Gasteiger partial charge on any atom is -0.462 e. The lowest BCUT2D eigenvalue weighted by molar-refractivity contribution is -0.274. The van der Waals surface area contributed by atoms with Crippen LogP contribution in [0, 0.1) is 5.95 Å². The quantitative estimate of drug-likeness (QED) is 0.289. The van der Waals surface area contributed by atoms with E-state index in [4.69, 9.17) is 4.74 Å². The second kappa shape index (κ2) is 9.46. The average molecular weight is 478 g/mol. The number of esters is 1. The Morgan fingerprint density at radius 2 is 1.74 bits per heavy atom. The Morgan fingerprint density at radius 3 is 2.35 bits per heavy atom. The predicted octanol–water partition coefficient (Wildman–Crippen LogP) is 4.80. The number of fused-ring (bicyclic) bond motifs is 1. The Kier molecular flexibility index (Phi) is 6.60. The Bertz CT molecular complexity index is 1260. The molecular formula is C24H22F4N2O4. The van der Waals surface area contributed by atoms with Gasteiger partial charge in [0.15, 0.2) is 11.3 Å². The molecule has 1 aromatic heterocycles. The predicted molar refractivity (Wildman–Crippen MR) is 117 cm³/mol. The van der Waals surface area contributed by atoms with E-state index in [1.807, 2.05) is 0 Å². The normalized spacial score (nSPS) is 14.5. The summed E-state index contributed by atoms with van der Waals surface area (Å²) >= 11 is 0. The molecule has 0 amide bonds. The maximum Gasteiger partial charge on any atom is 0.573 e. The van der Waals surface area contributed by atoms with Crippen LogP contribution >= 0.6 is 0 Å². The van der Waals surface area contributed by atoms with E-state index in [0.717, 1.165) is 42.1 Å². The van der Waals surface area contributed by atoms with Crippen molar-refractivity contribution in [2.45, 2.75) is 32.7 Å². The molecule has 2 aromatic carbocycles. The molecule has 0 saturated carbocycles. The first-order chi connectivity index (χ1) is 16.2. The number of carbonyl (C=O) groups is 1. The minimum absolute atomic E-state index is 0.113. The number of hydrogen-bond donors (Lipinski definition) is 0. The van der Waals surface area contributed by atoms with Gasteiger partial charge < -0.3 is 9.47 Å². The van der Waals surface area contributed by atoms with Crippen molar-refractivity contribution in [1.29, 1.82) is 0 Å². The minimum atomic E-state index is -5.08. The molecule has 0 unspecified atom stereocenters. The summed E-state index contributed by atoms with van der Waals surface area (Å²) in [4.78, 5) is 27.6. The van der Waals surface area contributed by atoms with Crippen LogP contribution in [0.1, 0.15) is 35.7 Å². The van der Waals surface area contributed by atoms with E-state index in [2.05, 4.69) is 9.64 Å². The molecule has 1 aliphatic heterocycles. The summed E-state index contributed by atoms with van der Waals surface area (Å²) in [5.74, 6) is -3.30. The summed E-state index contributed by atoms with van der Waals surface area (Å²) in [6, 6.07) is 9.87. The monoisotopic (exact) mass is 478 g/mol. The van der Waals surface area contributed by atoms with Crippen molar-refractivity contribution in [2.75, 3.05) is 19.7 Å². The smallest absolute Gasteiger partial charge is 0.462 e. The van der Waals surface area contributed by atoms with Gasteiger partial charge in [0.2, 0.25) is 11.4 Å². The van der Waals surface area contributed by atoms with E-state index < -0.39 is 40.5 Å². The maximum absolute atomic E-state index is 15.7. The second-order valence-electron chi connectivity index (χ2n) is 7.90. The molecule has 0 atom stereocenters. The molecule has 6 nitrogen and oxygen atoms in total. The number of rotatable bonds is 6. The molecule has 1 aliphatic rings. The van der Waals surface area contributed by atoms with E-state index in [9.17, 15) is 22.8 Å². The van der Waals surface area contributed by atoms with Crippen LogP contribution in [0.5, 0.6) is 5.75 Å². The van der Waals surface area contributed by atoms with Crippen molar-refractivity contribution in [3.05, 3.63) is 69.8 Å². The third-order valence-electron chi connectivity index (χ3n) is 5.60. The summed E-state index contributed by atoms with van der Waals surface area (Å²) in [6.07, 6.45) is -2.85. The number of benzene rings is 2. The van der Waals surface area contributed by atoms with Crippen LogP contribution in [0.25, 0.3) is 16.6 Å². The third kappa shape index (κ3) is 4.77. The average Bonchev–Trinajstić information content (AvgIpc) is 3.28. The Labute approximate surface area is 192 Å². The molecule has 10 heteroatoms. The number of alkyl halides is 3. The van der Waals surface area contributed by atoms with Crippen molar-refractivity contribution >= 4 is 16.9 Å². The summed E-state index contributed by atoms with van der Waals surface area (Å²) in [5.41, 5.74) is -1.35. The number of halogens is 4. The lowest BCUT2D eigenvalue weighted by Gasteiger charge is -2.19. The molecule has 1 fully saturated rings. The molecule has 4 rings (SSSR count). The van der Waals surface area contributed by atoms with Gasteiger partial charge in [-0.3, -0.25) is 14.3 Å². The highest BCUT2D eigenvalue weighted by molar-refractivity contribution is 5.96. The zero-order chi connectivity index (χ0) is 24.5. The summed E-state index contributed by atoms with van der Waals surface area (Å²) in [7, 11) is 0. The van der Waals surface area contributed by atoms with Gasteiger partial charge in [-0.1, -0.05) is 18.2 Å². The van der Waals surface area contributed by atoms with Gasteiger partial charge in [0.25, 0.3) is 0 Å². The maximum atomic E-state index is 15.7. The van der Waals surface area contributed by atoms with Crippen LogP contribution < -0.4 is 10.2 Å². The van der Waals surface area contributed by atoms with Gasteiger partial charge in [-0.25, -0.2) is 4.79 Å². The summed E-state index contributed by atoms with van der Waals surface area (Å²) in [5, 5.41) is -0.313. The van der Waals surface area contributed by atoms with Crippen LogP contribution in [0.2, 0.25) is 0 Å². The molecule has 3 aromatic rings. The lowest BCUT2D eigenvalue weighted by atomic mass is 10.1. The Morgan fingerprint density at radius 1 is 1.06 bits per heavy atom. The van der Waals surface area contributed by atoms with E-state index in [-0.39, 0.29) is 17.7 Å². The third-order valence-corrected chi connectivity index (χ3v) is 5.60. The standard InChI is InChI=1S/C24H22F4N2O4/c1-2-33-23(32)19-21(31)17-6-5-7-18(34-24(26,27)28)20(17)30(22(19)25)16-10-8-15(9-11-16)14-29-12-3-4-13-29/h5-11H,2-4,12-14H2,1H3. The number of aromatic nitrogens is 1. The fraction of sp³-hybridized carbons (Fsp3) is 0.333. The fourth-order valence-corrected chi connectivity index (χ4v) is 4.15. The highest BCUT2D eigenvalue weighted by atomic mass is 19.4. The van der Waals surface area contributed by atoms with Crippen molar-refractivity contribution in [3.8, 4) is 11.4 Å².